The maximum atomic E-state index is 13.0. The number of rotatable bonds is 7. The van der Waals surface area contributed by atoms with Crippen molar-refractivity contribution in [3.63, 3.8) is 0 Å². The number of aliphatic hydroxyl groups is 1. The summed E-state index contributed by atoms with van der Waals surface area (Å²) in [6.45, 7) is 4.27. The van der Waals surface area contributed by atoms with Gasteiger partial charge in [0.2, 0.25) is 0 Å². The van der Waals surface area contributed by atoms with Gasteiger partial charge in [0.05, 0.1) is 6.10 Å². The van der Waals surface area contributed by atoms with Gasteiger partial charge in [-0.25, -0.2) is 4.39 Å². The van der Waals surface area contributed by atoms with Crippen LogP contribution in [0.3, 0.4) is 0 Å². The molecule has 2 rings (SSSR count). The van der Waals surface area contributed by atoms with Crippen molar-refractivity contribution in [1.82, 2.24) is 9.80 Å². The minimum atomic E-state index is -0.337. The van der Waals surface area contributed by atoms with Crippen LogP contribution in [0.25, 0.3) is 0 Å². The molecule has 0 spiro atoms. The van der Waals surface area contributed by atoms with Gasteiger partial charge in [-0.15, -0.1) is 0 Å². The van der Waals surface area contributed by atoms with Gasteiger partial charge in [-0.3, -0.25) is 9.69 Å². The molecule has 1 fully saturated rings. The van der Waals surface area contributed by atoms with Crippen LogP contribution in [0.5, 0.6) is 0 Å². The van der Waals surface area contributed by atoms with Crippen LogP contribution in [-0.4, -0.2) is 59.6 Å². The van der Waals surface area contributed by atoms with Crippen molar-refractivity contribution in [2.45, 2.75) is 38.3 Å². The number of benzene rings is 1. The van der Waals surface area contributed by atoms with Gasteiger partial charge in [-0.1, -0.05) is 19.8 Å². The molecule has 0 aliphatic carbocycles. The van der Waals surface area contributed by atoms with Crippen LogP contribution in [0.15, 0.2) is 24.3 Å². The second kappa shape index (κ2) is 7.70. The molecule has 1 atom stereocenters. The summed E-state index contributed by atoms with van der Waals surface area (Å²) in [5.41, 5.74) is 0.508. The summed E-state index contributed by atoms with van der Waals surface area (Å²) >= 11 is 0. The maximum absolute atomic E-state index is 13.0. The van der Waals surface area contributed by atoms with E-state index in [9.17, 15) is 14.3 Å². The molecule has 5 heteroatoms. The Hall–Kier alpha value is -1.46. The maximum Gasteiger partial charge on any atom is 0.253 e. The minimum Gasteiger partial charge on any atom is -0.390 e. The topological polar surface area (TPSA) is 43.8 Å². The molecule has 1 aliphatic rings. The molecule has 0 aromatic heterocycles. The number of unbranched alkanes of at least 4 members (excludes halogenated alkanes) is 1. The minimum absolute atomic E-state index is 0.0813. The summed E-state index contributed by atoms with van der Waals surface area (Å²) in [7, 11) is 1.81. The Bertz CT molecular complexity index is 486. The Morgan fingerprint density at radius 1 is 1.41 bits per heavy atom. The van der Waals surface area contributed by atoms with E-state index in [4.69, 9.17) is 0 Å². The van der Waals surface area contributed by atoms with Crippen LogP contribution in [0, 0.1) is 5.82 Å². The van der Waals surface area contributed by atoms with Gasteiger partial charge in [-0.05, 0) is 30.7 Å². The third-order valence-electron chi connectivity index (χ3n) is 4.26. The van der Waals surface area contributed by atoms with Crippen LogP contribution >= 0.6 is 0 Å². The average molecular weight is 308 g/mol. The summed E-state index contributed by atoms with van der Waals surface area (Å²) in [6.07, 6.45) is 2.84. The van der Waals surface area contributed by atoms with Gasteiger partial charge in [-0.2, -0.15) is 0 Å². The molecule has 1 heterocycles. The highest BCUT2D eigenvalue weighted by atomic mass is 19.1. The van der Waals surface area contributed by atoms with E-state index in [0.717, 1.165) is 25.8 Å². The molecule has 22 heavy (non-hydrogen) atoms. The highest BCUT2D eigenvalue weighted by molar-refractivity contribution is 5.94. The monoisotopic (exact) mass is 308 g/mol. The van der Waals surface area contributed by atoms with Gasteiger partial charge in [0.25, 0.3) is 5.91 Å². The fourth-order valence-corrected chi connectivity index (χ4v) is 2.80. The third-order valence-corrected chi connectivity index (χ3v) is 4.26. The average Bonchev–Trinajstić information content (AvgIpc) is 2.48. The fourth-order valence-electron chi connectivity index (χ4n) is 2.80. The third kappa shape index (κ3) is 4.27. The zero-order valence-electron chi connectivity index (χ0n) is 13.3. The summed E-state index contributed by atoms with van der Waals surface area (Å²) in [5.74, 6) is -0.418. The molecular formula is C17H25FN2O2. The van der Waals surface area contributed by atoms with Gasteiger partial charge in [0, 0.05) is 38.3 Å². The lowest BCUT2D eigenvalue weighted by molar-refractivity contribution is -0.0114. The van der Waals surface area contributed by atoms with E-state index in [0.29, 0.717) is 18.7 Å². The van der Waals surface area contributed by atoms with Gasteiger partial charge >= 0.3 is 0 Å². The lowest BCUT2D eigenvalue weighted by Crippen LogP contribution is -2.55. The summed E-state index contributed by atoms with van der Waals surface area (Å²) in [4.78, 5) is 16.5. The Balaban J connectivity index is 2.01. The zero-order valence-corrected chi connectivity index (χ0v) is 13.3. The number of hydrogen-bond acceptors (Lipinski definition) is 3. The van der Waals surface area contributed by atoms with E-state index in [1.165, 1.54) is 24.3 Å². The SMILES string of the molecule is CCCCC(CN1CC(O)C1)N(C)C(=O)c1ccc(F)cc1. The number of amides is 1. The number of aliphatic hydroxyl groups excluding tert-OH is 1. The lowest BCUT2D eigenvalue weighted by atomic mass is 10.0. The van der Waals surface area contributed by atoms with Crippen LogP contribution in [0.4, 0.5) is 4.39 Å². The van der Waals surface area contributed by atoms with E-state index in [-0.39, 0.29) is 23.9 Å². The predicted molar refractivity (Wildman–Crippen MR) is 84.3 cm³/mol. The van der Waals surface area contributed by atoms with Crippen molar-refractivity contribution in [2.75, 3.05) is 26.7 Å². The number of likely N-dealkylation sites (tertiary alicyclic amines) is 1. The molecule has 0 saturated carbocycles. The standard InChI is InChI=1S/C17H25FN2O2/c1-3-4-5-15(10-20-11-16(21)12-20)19(2)17(22)13-6-8-14(18)9-7-13/h6-9,15-16,21H,3-5,10-12H2,1-2H3. The zero-order chi connectivity index (χ0) is 16.1. The Kier molecular flexibility index (Phi) is 5.91. The van der Waals surface area contributed by atoms with Crippen molar-refractivity contribution in [3.8, 4) is 0 Å². The first-order chi connectivity index (χ1) is 10.5. The molecule has 1 aliphatic heterocycles. The lowest BCUT2D eigenvalue weighted by Gasteiger charge is -2.40. The van der Waals surface area contributed by atoms with Crippen LogP contribution in [0.1, 0.15) is 36.5 Å². The first kappa shape index (κ1) is 16.9. The number of β-amino-alcohol motifs (C(OH)–C–C–N with tert-alkyl or cyclic N) is 1. The number of nitrogens with zero attached hydrogens (tertiary/aromatic N) is 2. The van der Waals surface area contributed by atoms with E-state index in [1.807, 2.05) is 7.05 Å². The molecule has 1 amide bonds. The number of hydrogen-bond donors (Lipinski definition) is 1. The summed E-state index contributed by atoms with van der Waals surface area (Å²) in [5, 5.41) is 9.40. The van der Waals surface area contributed by atoms with E-state index >= 15 is 0 Å². The van der Waals surface area contributed by atoms with E-state index in [1.54, 1.807) is 4.90 Å². The predicted octanol–water partition coefficient (Wildman–Crippen LogP) is 2.13. The molecule has 4 nitrogen and oxygen atoms in total. The van der Waals surface area contributed by atoms with Crippen molar-refractivity contribution in [2.24, 2.45) is 0 Å². The van der Waals surface area contributed by atoms with Crippen molar-refractivity contribution < 1.29 is 14.3 Å². The molecule has 122 valence electrons. The quantitative estimate of drug-likeness (QED) is 0.839. The van der Waals surface area contributed by atoms with Crippen LogP contribution in [0.2, 0.25) is 0 Å². The van der Waals surface area contributed by atoms with Gasteiger partial charge in [0.15, 0.2) is 0 Å². The van der Waals surface area contributed by atoms with E-state index in [2.05, 4.69) is 11.8 Å². The van der Waals surface area contributed by atoms with Crippen LogP contribution in [-0.2, 0) is 0 Å². The van der Waals surface area contributed by atoms with Gasteiger partial charge < -0.3 is 10.0 Å². The Morgan fingerprint density at radius 2 is 2.05 bits per heavy atom. The largest absolute Gasteiger partial charge is 0.390 e. The van der Waals surface area contributed by atoms with Crippen molar-refractivity contribution in [3.05, 3.63) is 35.6 Å². The van der Waals surface area contributed by atoms with E-state index < -0.39 is 0 Å². The molecule has 1 N–H and O–H groups in total. The first-order valence-electron chi connectivity index (χ1n) is 7.94. The molecule has 1 aromatic rings. The summed E-state index contributed by atoms with van der Waals surface area (Å²) < 4.78 is 13.0. The number of likely N-dealkylation sites (N-methyl/N-ethyl adjacent to an activating group) is 1. The Morgan fingerprint density at radius 3 is 2.59 bits per heavy atom. The molecular weight excluding hydrogens is 283 g/mol. The highest BCUT2D eigenvalue weighted by Crippen LogP contribution is 2.17. The molecule has 0 radical (unpaired) electrons. The number of carbonyl (C=O) groups is 1. The second-order valence-corrected chi connectivity index (χ2v) is 6.09. The normalized spacial score (nSPS) is 17.1. The molecule has 1 unspecified atom stereocenters. The fraction of sp³-hybridized carbons (Fsp3) is 0.588. The second-order valence-electron chi connectivity index (χ2n) is 6.09. The van der Waals surface area contributed by atoms with Crippen molar-refractivity contribution in [1.29, 1.82) is 0 Å². The van der Waals surface area contributed by atoms with Crippen molar-refractivity contribution >= 4 is 5.91 Å². The Labute approximate surface area is 131 Å². The molecule has 0 bridgehead atoms. The highest BCUT2D eigenvalue weighted by Gasteiger charge is 2.29. The molecule has 1 saturated heterocycles. The summed E-state index contributed by atoms with van der Waals surface area (Å²) in [6, 6.07) is 5.79. The number of halogens is 1. The van der Waals surface area contributed by atoms with Gasteiger partial charge in [0.1, 0.15) is 5.82 Å². The first-order valence-corrected chi connectivity index (χ1v) is 7.94. The number of carbonyl (C=O) groups excluding carboxylic acids is 1. The van der Waals surface area contributed by atoms with Crippen LogP contribution < -0.4 is 0 Å². The smallest absolute Gasteiger partial charge is 0.253 e. The molecule has 1 aromatic carbocycles.